The van der Waals surface area contributed by atoms with Crippen LogP contribution in [0.25, 0.3) is 33.3 Å². The molecule has 4 nitrogen and oxygen atoms in total. The SMILES string of the molecule is CCCn1c2ccccc2c2cc(-c3nnc(C)o3)ccc21. The molecule has 2 heterocycles. The smallest absolute Gasteiger partial charge is 0.247 e. The van der Waals surface area contributed by atoms with Crippen LogP contribution in [-0.2, 0) is 6.54 Å². The molecule has 110 valence electrons. The van der Waals surface area contributed by atoms with Crippen LogP contribution in [0, 0.1) is 6.92 Å². The van der Waals surface area contributed by atoms with Crippen molar-refractivity contribution in [2.75, 3.05) is 0 Å². The van der Waals surface area contributed by atoms with Gasteiger partial charge in [-0.2, -0.15) is 0 Å². The number of hydrogen-bond acceptors (Lipinski definition) is 3. The number of para-hydroxylation sites is 1. The first-order chi connectivity index (χ1) is 10.8. The monoisotopic (exact) mass is 291 g/mol. The molecule has 4 heteroatoms. The van der Waals surface area contributed by atoms with Crippen LogP contribution in [0.5, 0.6) is 0 Å². The summed E-state index contributed by atoms with van der Waals surface area (Å²) in [6.45, 7) is 5.03. The van der Waals surface area contributed by atoms with Crippen molar-refractivity contribution in [3.63, 3.8) is 0 Å². The van der Waals surface area contributed by atoms with Crippen molar-refractivity contribution >= 4 is 21.8 Å². The van der Waals surface area contributed by atoms with Gasteiger partial charge in [0.1, 0.15) is 0 Å². The minimum Gasteiger partial charge on any atom is -0.421 e. The second kappa shape index (κ2) is 4.98. The number of nitrogens with zero attached hydrogens (tertiary/aromatic N) is 3. The largest absolute Gasteiger partial charge is 0.421 e. The van der Waals surface area contributed by atoms with Gasteiger partial charge in [0.05, 0.1) is 0 Å². The van der Waals surface area contributed by atoms with Gasteiger partial charge in [0.2, 0.25) is 11.8 Å². The van der Waals surface area contributed by atoms with Crippen molar-refractivity contribution < 1.29 is 4.42 Å². The first kappa shape index (κ1) is 13.1. The molecule has 4 rings (SSSR count). The zero-order chi connectivity index (χ0) is 15.1. The third-order valence-corrected chi connectivity index (χ3v) is 3.99. The first-order valence-corrected chi connectivity index (χ1v) is 7.59. The summed E-state index contributed by atoms with van der Waals surface area (Å²) in [5, 5.41) is 10.5. The first-order valence-electron chi connectivity index (χ1n) is 7.59. The number of benzene rings is 2. The van der Waals surface area contributed by atoms with E-state index >= 15 is 0 Å². The molecule has 0 N–H and O–H groups in total. The second-order valence-corrected chi connectivity index (χ2v) is 5.53. The Balaban J connectivity index is 2.01. The lowest BCUT2D eigenvalue weighted by atomic mass is 10.1. The molecule has 0 saturated carbocycles. The van der Waals surface area contributed by atoms with E-state index < -0.39 is 0 Å². The zero-order valence-corrected chi connectivity index (χ0v) is 12.7. The zero-order valence-electron chi connectivity index (χ0n) is 12.7. The summed E-state index contributed by atoms with van der Waals surface area (Å²) in [7, 11) is 0. The quantitative estimate of drug-likeness (QED) is 0.555. The topological polar surface area (TPSA) is 43.9 Å². The lowest BCUT2D eigenvalue weighted by Crippen LogP contribution is -1.95. The van der Waals surface area contributed by atoms with E-state index in [4.69, 9.17) is 4.42 Å². The Morgan fingerprint density at radius 3 is 2.59 bits per heavy atom. The molecular formula is C18H17N3O. The average molecular weight is 291 g/mol. The number of aromatic nitrogens is 3. The van der Waals surface area contributed by atoms with E-state index in [1.54, 1.807) is 0 Å². The highest BCUT2D eigenvalue weighted by Gasteiger charge is 2.13. The minimum atomic E-state index is 0.576. The van der Waals surface area contributed by atoms with Gasteiger partial charge in [0.15, 0.2) is 0 Å². The molecule has 0 aliphatic carbocycles. The molecule has 0 radical (unpaired) electrons. The lowest BCUT2D eigenvalue weighted by molar-refractivity contribution is 0.533. The third kappa shape index (κ3) is 1.91. The molecule has 4 aromatic rings. The fourth-order valence-electron chi connectivity index (χ4n) is 3.06. The molecule has 0 amide bonds. The maximum Gasteiger partial charge on any atom is 0.247 e. The van der Waals surface area contributed by atoms with Crippen LogP contribution in [0.1, 0.15) is 19.2 Å². The third-order valence-electron chi connectivity index (χ3n) is 3.99. The Hall–Kier alpha value is -2.62. The summed E-state index contributed by atoms with van der Waals surface area (Å²) in [4.78, 5) is 0. The van der Waals surface area contributed by atoms with Crippen LogP contribution in [0.15, 0.2) is 46.9 Å². The highest BCUT2D eigenvalue weighted by molar-refractivity contribution is 6.09. The predicted octanol–water partition coefficient (Wildman–Crippen LogP) is 4.56. The average Bonchev–Trinajstić information content (AvgIpc) is 3.10. The Labute approximate surface area is 128 Å². The van der Waals surface area contributed by atoms with Crippen LogP contribution >= 0.6 is 0 Å². The molecule has 0 aliphatic rings. The number of rotatable bonds is 3. The van der Waals surface area contributed by atoms with Crippen LogP contribution in [-0.4, -0.2) is 14.8 Å². The molecule has 0 saturated heterocycles. The van der Waals surface area contributed by atoms with Gasteiger partial charge in [0, 0.05) is 40.8 Å². The van der Waals surface area contributed by atoms with Gasteiger partial charge >= 0.3 is 0 Å². The van der Waals surface area contributed by atoms with Crippen LogP contribution in [0.3, 0.4) is 0 Å². The second-order valence-electron chi connectivity index (χ2n) is 5.53. The van der Waals surface area contributed by atoms with Crippen molar-refractivity contribution in [3.8, 4) is 11.5 Å². The number of fused-ring (bicyclic) bond motifs is 3. The predicted molar refractivity (Wildman–Crippen MR) is 87.8 cm³/mol. The molecule has 22 heavy (non-hydrogen) atoms. The van der Waals surface area contributed by atoms with E-state index in [9.17, 15) is 0 Å². The molecule has 0 bridgehead atoms. The van der Waals surface area contributed by atoms with Gasteiger partial charge in [-0.1, -0.05) is 25.1 Å². The van der Waals surface area contributed by atoms with E-state index in [2.05, 4.69) is 64.2 Å². The van der Waals surface area contributed by atoms with Crippen molar-refractivity contribution in [1.29, 1.82) is 0 Å². The Kier molecular flexibility index (Phi) is 2.96. The van der Waals surface area contributed by atoms with Gasteiger partial charge in [-0.25, -0.2) is 0 Å². The molecule has 0 atom stereocenters. The normalized spacial score (nSPS) is 11.5. The molecule has 0 unspecified atom stereocenters. The summed E-state index contributed by atoms with van der Waals surface area (Å²) in [6, 6.07) is 14.9. The van der Waals surface area contributed by atoms with Crippen molar-refractivity contribution in [2.24, 2.45) is 0 Å². The van der Waals surface area contributed by atoms with Gasteiger partial charge in [-0.15, -0.1) is 10.2 Å². The Bertz CT molecular complexity index is 965. The highest BCUT2D eigenvalue weighted by Crippen LogP contribution is 2.32. The summed E-state index contributed by atoms with van der Waals surface area (Å²) >= 11 is 0. The summed E-state index contributed by atoms with van der Waals surface area (Å²) in [5.74, 6) is 1.16. The maximum atomic E-state index is 5.56. The number of aryl methyl sites for hydroxylation is 2. The number of hydrogen-bond donors (Lipinski definition) is 0. The molecule has 0 fully saturated rings. The van der Waals surface area contributed by atoms with Gasteiger partial charge in [-0.05, 0) is 30.7 Å². The minimum absolute atomic E-state index is 0.576. The summed E-state index contributed by atoms with van der Waals surface area (Å²) in [6.07, 6.45) is 1.11. The molecule has 2 aromatic carbocycles. The maximum absolute atomic E-state index is 5.56. The van der Waals surface area contributed by atoms with E-state index in [1.807, 2.05) is 6.92 Å². The van der Waals surface area contributed by atoms with Crippen LogP contribution in [0.2, 0.25) is 0 Å². The summed E-state index contributed by atoms with van der Waals surface area (Å²) in [5.41, 5.74) is 3.49. The Morgan fingerprint density at radius 1 is 1.00 bits per heavy atom. The van der Waals surface area contributed by atoms with Gasteiger partial charge in [0.25, 0.3) is 0 Å². The molecule has 0 spiro atoms. The van der Waals surface area contributed by atoms with E-state index in [0.29, 0.717) is 11.8 Å². The van der Waals surface area contributed by atoms with E-state index in [-0.39, 0.29) is 0 Å². The fraction of sp³-hybridized carbons (Fsp3) is 0.222. The van der Waals surface area contributed by atoms with Crippen LogP contribution < -0.4 is 0 Å². The van der Waals surface area contributed by atoms with E-state index in [1.165, 1.54) is 21.8 Å². The van der Waals surface area contributed by atoms with Crippen molar-refractivity contribution in [1.82, 2.24) is 14.8 Å². The summed E-state index contributed by atoms with van der Waals surface area (Å²) < 4.78 is 7.94. The fourth-order valence-corrected chi connectivity index (χ4v) is 3.06. The van der Waals surface area contributed by atoms with Crippen molar-refractivity contribution in [2.45, 2.75) is 26.8 Å². The highest BCUT2D eigenvalue weighted by atomic mass is 16.4. The standard InChI is InChI=1S/C18H17N3O/c1-3-10-21-16-7-5-4-6-14(16)15-11-13(8-9-17(15)21)18-20-19-12(2)22-18/h4-9,11H,3,10H2,1-2H3. The van der Waals surface area contributed by atoms with Crippen LogP contribution in [0.4, 0.5) is 0 Å². The van der Waals surface area contributed by atoms with Crippen molar-refractivity contribution in [3.05, 3.63) is 48.4 Å². The van der Waals surface area contributed by atoms with Gasteiger partial charge in [-0.3, -0.25) is 0 Å². The molecular weight excluding hydrogens is 274 g/mol. The van der Waals surface area contributed by atoms with Gasteiger partial charge < -0.3 is 8.98 Å². The molecule has 0 aliphatic heterocycles. The Morgan fingerprint density at radius 2 is 1.82 bits per heavy atom. The van der Waals surface area contributed by atoms with E-state index in [0.717, 1.165) is 18.5 Å². The molecule has 2 aromatic heterocycles. The lowest BCUT2D eigenvalue weighted by Gasteiger charge is -2.05.